The van der Waals surface area contributed by atoms with Crippen LogP contribution in [0.2, 0.25) is 0 Å². The van der Waals surface area contributed by atoms with E-state index in [1.165, 1.54) is 17.0 Å². The van der Waals surface area contributed by atoms with Crippen molar-refractivity contribution < 1.29 is 19.8 Å². The summed E-state index contributed by atoms with van der Waals surface area (Å²) in [5.74, 6) is 1.35. The highest BCUT2D eigenvalue weighted by Crippen LogP contribution is 2.27. The highest BCUT2D eigenvalue weighted by atomic mass is 32.2. The lowest BCUT2D eigenvalue weighted by molar-refractivity contribution is -0.136. The van der Waals surface area contributed by atoms with Gasteiger partial charge in [-0.25, -0.2) is 0 Å². The fourth-order valence-electron chi connectivity index (χ4n) is 2.40. The average molecular weight is 309 g/mol. The number of phenols is 1. The summed E-state index contributed by atoms with van der Waals surface area (Å²) < 4.78 is 0. The molecule has 5 nitrogen and oxygen atoms in total. The minimum absolute atomic E-state index is 0.0887. The molecule has 6 heteroatoms. The largest absolute Gasteiger partial charge is 0.508 e. The van der Waals surface area contributed by atoms with Crippen molar-refractivity contribution >= 4 is 29.3 Å². The number of thioether (sulfide) groups is 1. The summed E-state index contributed by atoms with van der Waals surface area (Å²) in [6.45, 7) is -0.356. The number of benzene rings is 1. The lowest BCUT2D eigenvalue weighted by atomic mass is 9.98. The number of amides is 1. The number of aromatic hydroxyl groups is 1. The quantitative estimate of drug-likeness (QED) is 0.873. The van der Waals surface area contributed by atoms with Crippen molar-refractivity contribution in [2.75, 3.05) is 23.0 Å². The van der Waals surface area contributed by atoms with E-state index in [1.807, 2.05) is 11.8 Å². The van der Waals surface area contributed by atoms with Crippen LogP contribution in [-0.4, -0.2) is 40.1 Å². The van der Waals surface area contributed by atoms with E-state index in [1.54, 1.807) is 12.1 Å². The van der Waals surface area contributed by atoms with Gasteiger partial charge in [-0.2, -0.15) is 11.8 Å². The van der Waals surface area contributed by atoms with Crippen LogP contribution in [0.4, 0.5) is 5.69 Å². The minimum Gasteiger partial charge on any atom is -0.508 e. The Bertz CT molecular complexity index is 497. The summed E-state index contributed by atoms with van der Waals surface area (Å²) in [4.78, 5) is 24.7. The zero-order chi connectivity index (χ0) is 15.2. The minimum atomic E-state index is -1.05. The molecule has 0 aliphatic carbocycles. The molecule has 1 aromatic rings. The number of carboxylic acid groups (broad SMARTS) is 1. The van der Waals surface area contributed by atoms with Crippen LogP contribution in [0.15, 0.2) is 24.3 Å². The fraction of sp³-hybridized carbons (Fsp3) is 0.467. The second-order valence-corrected chi connectivity index (χ2v) is 6.37. The third-order valence-corrected chi connectivity index (χ3v) is 4.61. The molecule has 1 aromatic carbocycles. The highest BCUT2D eigenvalue weighted by molar-refractivity contribution is 7.99. The van der Waals surface area contributed by atoms with Crippen molar-refractivity contribution in [1.82, 2.24) is 0 Å². The summed E-state index contributed by atoms with van der Waals surface area (Å²) in [5, 5.41) is 18.3. The second-order valence-electron chi connectivity index (χ2n) is 5.15. The van der Waals surface area contributed by atoms with E-state index in [0.29, 0.717) is 18.0 Å². The van der Waals surface area contributed by atoms with E-state index in [9.17, 15) is 14.7 Å². The van der Waals surface area contributed by atoms with Gasteiger partial charge in [-0.1, -0.05) is 0 Å². The summed E-state index contributed by atoms with van der Waals surface area (Å²) in [7, 11) is 0. The first kappa shape index (κ1) is 15.7. The third-order valence-electron chi connectivity index (χ3n) is 3.56. The monoisotopic (exact) mass is 309 g/mol. The first-order valence-electron chi connectivity index (χ1n) is 6.95. The van der Waals surface area contributed by atoms with E-state index < -0.39 is 5.97 Å². The maximum atomic E-state index is 12.4. The van der Waals surface area contributed by atoms with Crippen LogP contribution < -0.4 is 4.90 Å². The molecule has 21 heavy (non-hydrogen) atoms. The molecule has 0 bridgehead atoms. The summed E-state index contributed by atoms with van der Waals surface area (Å²) in [6.07, 6.45) is 2.40. The topological polar surface area (TPSA) is 77.8 Å². The van der Waals surface area contributed by atoms with E-state index in [2.05, 4.69) is 0 Å². The van der Waals surface area contributed by atoms with Gasteiger partial charge in [0.2, 0.25) is 5.91 Å². The van der Waals surface area contributed by atoms with Gasteiger partial charge in [-0.05, 0) is 54.5 Å². The molecule has 0 spiro atoms. The number of carbonyl (C=O) groups is 2. The number of carbonyl (C=O) groups excluding carboxylic acids is 1. The summed E-state index contributed by atoms with van der Waals surface area (Å²) in [6, 6.07) is 6.03. The SMILES string of the molecule is O=C(O)CN(C(=O)CC1CCSCC1)c1ccc(O)cc1. The van der Waals surface area contributed by atoms with Gasteiger partial charge in [0, 0.05) is 12.1 Å². The number of anilines is 1. The molecular weight excluding hydrogens is 290 g/mol. The molecule has 1 heterocycles. The Morgan fingerprint density at radius 1 is 1.19 bits per heavy atom. The van der Waals surface area contributed by atoms with E-state index >= 15 is 0 Å². The highest BCUT2D eigenvalue weighted by Gasteiger charge is 2.23. The number of rotatable bonds is 5. The van der Waals surface area contributed by atoms with Gasteiger partial charge in [0.15, 0.2) is 0 Å². The molecule has 1 saturated heterocycles. The molecular formula is C15H19NO4S. The number of aliphatic carboxylic acids is 1. The molecule has 0 saturated carbocycles. The van der Waals surface area contributed by atoms with E-state index in [0.717, 1.165) is 24.3 Å². The van der Waals surface area contributed by atoms with Crippen molar-refractivity contribution in [3.63, 3.8) is 0 Å². The normalized spacial score (nSPS) is 15.6. The lowest BCUT2D eigenvalue weighted by Gasteiger charge is -2.25. The summed E-state index contributed by atoms with van der Waals surface area (Å²) >= 11 is 1.90. The first-order chi connectivity index (χ1) is 10.1. The van der Waals surface area contributed by atoms with Gasteiger partial charge in [-0.15, -0.1) is 0 Å². The molecule has 1 fully saturated rings. The van der Waals surface area contributed by atoms with Gasteiger partial charge in [0.25, 0.3) is 0 Å². The summed E-state index contributed by atoms with van der Waals surface area (Å²) in [5.41, 5.74) is 0.505. The van der Waals surface area contributed by atoms with Gasteiger partial charge in [0.1, 0.15) is 12.3 Å². The first-order valence-corrected chi connectivity index (χ1v) is 8.10. The van der Waals surface area contributed by atoms with Gasteiger partial charge in [-0.3, -0.25) is 9.59 Å². The maximum absolute atomic E-state index is 12.4. The van der Waals surface area contributed by atoms with Crippen LogP contribution in [0.25, 0.3) is 0 Å². The zero-order valence-corrected chi connectivity index (χ0v) is 12.5. The van der Waals surface area contributed by atoms with Crippen molar-refractivity contribution in [3.8, 4) is 5.75 Å². The molecule has 1 amide bonds. The van der Waals surface area contributed by atoms with Crippen molar-refractivity contribution in [2.45, 2.75) is 19.3 Å². The molecule has 2 N–H and O–H groups in total. The molecule has 1 aliphatic rings. The Morgan fingerprint density at radius 2 is 1.81 bits per heavy atom. The third kappa shape index (κ3) is 4.67. The zero-order valence-electron chi connectivity index (χ0n) is 11.7. The van der Waals surface area contributed by atoms with Gasteiger partial charge >= 0.3 is 5.97 Å². The van der Waals surface area contributed by atoms with Gasteiger partial charge < -0.3 is 15.1 Å². The molecule has 0 radical (unpaired) electrons. The second kappa shape index (κ2) is 7.36. The number of hydrogen-bond acceptors (Lipinski definition) is 4. The lowest BCUT2D eigenvalue weighted by Crippen LogP contribution is -2.37. The molecule has 2 rings (SSSR count). The Hall–Kier alpha value is -1.69. The predicted octanol–water partition coefficient (Wildman–Crippen LogP) is 2.34. The molecule has 1 aliphatic heterocycles. The average Bonchev–Trinajstić information content (AvgIpc) is 2.46. The van der Waals surface area contributed by atoms with Crippen LogP contribution in [0, 0.1) is 5.92 Å². The van der Waals surface area contributed by atoms with Crippen LogP contribution in [0.5, 0.6) is 5.75 Å². The Kier molecular flexibility index (Phi) is 5.50. The smallest absolute Gasteiger partial charge is 0.323 e. The molecule has 0 unspecified atom stereocenters. The number of phenolic OH excluding ortho intramolecular Hbond substituents is 1. The van der Waals surface area contributed by atoms with E-state index in [4.69, 9.17) is 5.11 Å². The van der Waals surface area contributed by atoms with Crippen LogP contribution in [0.3, 0.4) is 0 Å². The molecule has 114 valence electrons. The Morgan fingerprint density at radius 3 is 2.38 bits per heavy atom. The number of carboxylic acids is 1. The number of hydrogen-bond donors (Lipinski definition) is 2. The Balaban J connectivity index is 2.08. The predicted molar refractivity (Wildman–Crippen MR) is 82.8 cm³/mol. The Labute approximate surface area is 128 Å². The van der Waals surface area contributed by atoms with Gasteiger partial charge in [0.05, 0.1) is 0 Å². The standard InChI is InChI=1S/C15H19NO4S/c17-13-3-1-12(2-4-13)16(10-15(19)20)14(18)9-11-5-7-21-8-6-11/h1-4,11,17H,5-10H2,(H,19,20). The van der Waals surface area contributed by atoms with E-state index in [-0.39, 0.29) is 18.2 Å². The van der Waals surface area contributed by atoms with Crippen molar-refractivity contribution in [3.05, 3.63) is 24.3 Å². The van der Waals surface area contributed by atoms with Crippen LogP contribution in [-0.2, 0) is 9.59 Å². The van der Waals surface area contributed by atoms with Crippen LogP contribution in [0.1, 0.15) is 19.3 Å². The number of nitrogens with zero attached hydrogens (tertiary/aromatic N) is 1. The maximum Gasteiger partial charge on any atom is 0.323 e. The van der Waals surface area contributed by atoms with Crippen molar-refractivity contribution in [1.29, 1.82) is 0 Å². The van der Waals surface area contributed by atoms with Crippen molar-refractivity contribution in [2.24, 2.45) is 5.92 Å². The fourth-order valence-corrected chi connectivity index (χ4v) is 3.60. The van der Waals surface area contributed by atoms with Crippen LogP contribution >= 0.6 is 11.8 Å². The molecule has 0 aromatic heterocycles. The molecule has 0 atom stereocenters.